The second kappa shape index (κ2) is 8.88. The summed E-state index contributed by atoms with van der Waals surface area (Å²) in [5.74, 6) is 1.52. The highest BCUT2D eigenvalue weighted by molar-refractivity contribution is 5.73. The fourth-order valence-electron chi connectivity index (χ4n) is 3.96. The lowest BCUT2D eigenvalue weighted by Crippen LogP contribution is -2.44. The van der Waals surface area contributed by atoms with Crippen LogP contribution in [0.1, 0.15) is 46.0 Å². The van der Waals surface area contributed by atoms with Gasteiger partial charge in [-0.05, 0) is 37.6 Å². The third-order valence-corrected chi connectivity index (χ3v) is 5.26. The van der Waals surface area contributed by atoms with Crippen molar-refractivity contribution in [2.45, 2.75) is 52.1 Å². The lowest BCUT2D eigenvalue weighted by Gasteiger charge is -2.31. The summed E-state index contributed by atoms with van der Waals surface area (Å²) < 4.78 is 0. The molecular formula is C18H35N3O2. The highest BCUT2D eigenvalue weighted by Crippen LogP contribution is 2.25. The molecule has 2 aliphatic rings. The predicted molar refractivity (Wildman–Crippen MR) is 93.4 cm³/mol. The molecule has 2 amide bonds. The maximum absolute atomic E-state index is 12.3. The number of aliphatic hydroxyl groups is 1. The van der Waals surface area contributed by atoms with Crippen molar-refractivity contribution in [2.24, 2.45) is 17.8 Å². The van der Waals surface area contributed by atoms with Gasteiger partial charge in [0.05, 0.1) is 6.10 Å². The first-order chi connectivity index (χ1) is 11.0. The monoisotopic (exact) mass is 325 g/mol. The van der Waals surface area contributed by atoms with Crippen LogP contribution in [0.25, 0.3) is 0 Å². The Balaban J connectivity index is 1.66. The molecular weight excluding hydrogens is 290 g/mol. The van der Waals surface area contributed by atoms with Crippen molar-refractivity contribution in [1.82, 2.24) is 15.1 Å². The van der Waals surface area contributed by atoms with Gasteiger partial charge in [-0.3, -0.25) is 0 Å². The highest BCUT2D eigenvalue weighted by atomic mass is 16.3. The zero-order chi connectivity index (χ0) is 16.8. The Bertz CT molecular complexity index is 375. The third kappa shape index (κ3) is 5.96. The molecule has 3 unspecified atom stereocenters. The van der Waals surface area contributed by atoms with Crippen molar-refractivity contribution >= 4 is 6.03 Å². The standard InChI is InChI=1S/C18H35N3O2/c1-14(2)11-21-9-8-15(12-21)10-19-18(23)20(3)13-16-6-4-5-7-17(16)22/h14-17,22H,4-13H2,1-3H3,(H,19,23). The van der Waals surface area contributed by atoms with Gasteiger partial charge < -0.3 is 20.2 Å². The van der Waals surface area contributed by atoms with E-state index in [1.165, 1.54) is 12.8 Å². The van der Waals surface area contributed by atoms with Crippen LogP contribution in [-0.4, -0.2) is 66.8 Å². The Morgan fingerprint density at radius 1 is 1.30 bits per heavy atom. The van der Waals surface area contributed by atoms with Crippen LogP contribution in [0.3, 0.4) is 0 Å². The molecule has 2 fully saturated rings. The van der Waals surface area contributed by atoms with Crippen molar-refractivity contribution in [1.29, 1.82) is 0 Å². The maximum atomic E-state index is 12.3. The molecule has 0 aromatic carbocycles. The van der Waals surface area contributed by atoms with Gasteiger partial charge in [0.25, 0.3) is 0 Å². The number of hydrogen-bond acceptors (Lipinski definition) is 3. The number of likely N-dealkylation sites (tertiary alicyclic amines) is 1. The smallest absolute Gasteiger partial charge is 0.317 e. The Kier molecular flexibility index (Phi) is 7.15. The molecule has 0 aromatic rings. The molecule has 5 nitrogen and oxygen atoms in total. The van der Waals surface area contributed by atoms with Gasteiger partial charge in [0.15, 0.2) is 0 Å². The van der Waals surface area contributed by atoms with Crippen LogP contribution in [0.2, 0.25) is 0 Å². The molecule has 1 saturated heterocycles. The number of aliphatic hydroxyl groups excluding tert-OH is 1. The Hall–Kier alpha value is -0.810. The molecule has 3 atom stereocenters. The normalized spacial score (nSPS) is 29.0. The zero-order valence-corrected chi connectivity index (χ0v) is 15.1. The van der Waals surface area contributed by atoms with Gasteiger partial charge in [0.1, 0.15) is 0 Å². The van der Waals surface area contributed by atoms with Crippen molar-refractivity contribution < 1.29 is 9.90 Å². The molecule has 2 rings (SSSR count). The maximum Gasteiger partial charge on any atom is 0.317 e. The van der Waals surface area contributed by atoms with Crippen LogP contribution < -0.4 is 5.32 Å². The molecule has 1 aliphatic heterocycles. The van der Waals surface area contributed by atoms with Crippen LogP contribution in [0.5, 0.6) is 0 Å². The summed E-state index contributed by atoms with van der Waals surface area (Å²) in [6.07, 6.45) is 5.14. The van der Waals surface area contributed by atoms with Gasteiger partial charge in [0.2, 0.25) is 0 Å². The van der Waals surface area contributed by atoms with Gasteiger partial charge in [-0.15, -0.1) is 0 Å². The molecule has 1 saturated carbocycles. The van der Waals surface area contributed by atoms with E-state index < -0.39 is 0 Å². The number of amides is 2. The van der Waals surface area contributed by atoms with Crippen molar-refractivity contribution in [3.8, 4) is 0 Å². The molecule has 0 radical (unpaired) electrons. The minimum atomic E-state index is -0.238. The zero-order valence-electron chi connectivity index (χ0n) is 15.1. The van der Waals surface area contributed by atoms with Gasteiger partial charge in [-0.25, -0.2) is 4.79 Å². The van der Waals surface area contributed by atoms with E-state index in [9.17, 15) is 9.90 Å². The number of nitrogens with one attached hydrogen (secondary N) is 1. The first kappa shape index (κ1) is 18.5. The van der Waals surface area contributed by atoms with Crippen LogP contribution >= 0.6 is 0 Å². The average Bonchev–Trinajstić information content (AvgIpc) is 2.93. The second-order valence-corrected chi connectivity index (χ2v) is 7.99. The molecule has 134 valence electrons. The number of carbonyl (C=O) groups is 1. The molecule has 1 aliphatic carbocycles. The SMILES string of the molecule is CC(C)CN1CCC(CNC(=O)N(C)CC2CCCCC2O)C1. The highest BCUT2D eigenvalue weighted by Gasteiger charge is 2.27. The fourth-order valence-corrected chi connectivity index (χ4v) is 3.96. The molecule has 23 heavy (non-hydrogen) atoms. The topological polar surface area (TPSA) is 55.8 Å². The molecule has 1 heterocycles. The summed E-state index contributed by atoms with van der Waals surface area (Å²) in [6.45, 7) is 9.35. The van der Waals surface area contributed by atoms with Crippen molar-refractivity contribution in [3.63, 3.8) is 0 Å². The van der Waals surface area contributed by atoms with E-state index in [4.69, 9.17) is 0 Å². The minimum Gasteiger partial charge on any atom is -0.393 e. The summed E-state index contributed by atoms with van der Waals surface area (Å²) in [7, 11) is 1.84. The summed E-state index contributed by atoms with van der Waals surface area (Å²) >= 11 is 0. The molecule has 2 N–H and O–H groups in total. The Morgan fingerprint density at radius 2 is 2.04 bits per heavy atom. The summed E-state index contributed by atoms with van der Waals surface area (Å²) in [6, 6.07) is 0.00471. The van der Waals surface area contributed by atoms with Gasteiger partial charge in [-0.1, -0.05) is 26.7 Å². The van der Waals surface area contributed by atoms with E-state index in [-0.39, 0.29) is 18.1 Å². The van der Waals surface area contributed by atoms with Gasteiger partial charge in [-0.2, -0.15) is 0 Å². The predicted octanol–water partition coefficient (Wildman–Crippen LogP) is 2.16. The minimum absolute atomic E-state index is 0.00471. The number of nitrogens with zero attached hydrogens (tertiary/aromatic N) is 2. The number of rotatable bonds is 6. The second-order valence-electron chi connectivity index (χ2n) is 7.99. The number of urea groups is 1. The number of carbonyl (C=O) groups excluding carboxylic acids is 1. The van der Waals surface area contributed by atoms with Crippen LogP contribution in [-0.2, 0) is 0 Å². The first-order valence-electron chi connectivity index (χ1n) is 9.35. The summed E-state index contributed by atoms with van der Waals surface area (Å²) in [5, 5.41) is 13.1. The van der Waals surface area contributed by atoms with E-state index >= 15 is 0 Å². The molecule has 0 bridgehead atoms. The molecule has 0 spiro atoms. The largest absolute Gasteiger partial charge is 0.393 e. The fraction of sp³-hybridized carbons (Fsp3) is 0.944. The van der Waals surface area contributed by atoms with E-state index in [2.05, 4.69) is 24.1 Å². The van der Waals surface area contributed by atoms with E-state index in [0.29, 0.717) is 18.4 Å². The summed E-state index contributed by atoms with van der Waals surface area (Å²) in [5.41, 5.74) is 0. The van der Waals surface area contributed by atoms with Crippen LogP contribution in [0.4, 0.5) is 4.79 Å². The van der Waals surface area contributed by atoms with Crippen LogP contribution in [0, 0.1) is 17.8 Å². The van der Waals surface area contributed by atoms with Crippen molar-refractivity contribution in [3.05, 3.63) is 0 Å². The molecule has 0 aromatic heterocycles. The van der Waals surface area contributed by atoms with E-state index in [1.54, 1.807) is 4.90 Å². The van der Waals surface area contributed by atoms with Gasteiger partial charge >= 0.3 is 6.03 Å². The van der Waals surface area contributed by atoms with Gasteiger partial charge in [0, 0.05) is 39.1 Å². The van der Waals surface area contributed by atoms with Crippen LogP contribution in [0.15, 0.2) is 0 Å². The lowest BCUT2D eigenvalue weighted by atomic mass is 9.86. The quantitative estimate of drug-likeness (QED) is 0.787. The van der Waals surface area contributed by atoms with E-state index in [1.807, 2.05) is 7.05 Å². The summed E-state index contributed by atoms with van der Waals surface area (Å²) in [4.78, 5) is 16.5. The lowest BCUT2D eigenvalue weighted by molar-refractivity contribution is 0.0564. The molecule has 5 heteroatoms. The van der Waals surface area contributed by atoms with Crippen molar-refractivity contribution in [2.75, 3.05) is 39.8 Å². The Labute approximate surface area is 141 Å². The average molecular weight is 325 g/mol. The van der Waals surface area contributed by atoms with E-state index in [0.717, 1.165) is 45.4 Å². The third-order valence-electron chi connectivity index (χ3n) is 5.26. The Morgan fingerprint density at radius 3 is 2.74 bits per heavy atom. The first-order valence-corrected chi connectivity index (χ1v) is 9.35. The number of hydrogen-bond donors (Lipinski definition) is 2.